The largest absolute Gasteiger partial charge is 0.490 e. The zero-order valence-electron chi connectivity index (χ0n) is 22.3. The number of benzene rings is 2. The second kappa shape index (κ2) is 12.4. The summed E-state index contributed by atoms with van der Waals surface area (Å²) in [5, 5.41) is 8.99. The number of carbonyl (C=O) groups is 2. The average molecular weight is 534 g/mol. The van der Waals surface area contributed by atoms with Crippen molar-refractivity contribution in [3.63, 3.8) is 0 Å². The number of likely N-dealkylation sites (tertiary alicyclic amines) is 1. The van der Waals surface area contributed by atoms with Gasteiger partial charge in [0.15, 0.2) is 11.5 Å². The Morgan fingerprint density at radius 1 is 0.950 bits per heavy atom. The van der Waals surface area contributed by atoms with Crippen LogP contribution in [0, 0.1) is 23.8 Å². The Bertz CT molecular complexity index is 1410. The summed E-state index contributed by atoms with van der Waals surface area (Å²) in [6, 6.07) is 20.2. The Labute approximate surface area is 234 Å². The van der Waals surface area contributed by atoms with Gasteiger partial charge in [-0.05, 0) is 67.3 Å². The van der Waals surface area contributed by atoms with Crippen LogP contribution < -0.4 is 9.64 Å². The molecule has 3 heterocycles. The minimum Gasteiger partial charge on any atom is -0.490 e. The molecule has 8 heteroatoms. The van der Waals surface area contributed by atoms with E-state index in [0.29, 0.717) is 47.9 Å². The molecular formula is C32H31N5O3. The number of Topliss-reactive ketones (excluding diaryl/α,β-unsaturated/α-hetero) is 1. The summed E-state index contributed by atoms with van der Waals surface area (Å²) in [6.45, 7) is 9.96. The number of ether oxygens (including phenoxy) is 1. The lowest BCUT2D eigenvalue weighted by molar-refractivity contribution is 0.0589. The van der Waals surface area contributed by atoms with Crippen molar-refractivity contribution in [1.82, 2.24) is 9.88 Å². The highest BCUT2D eigenvalue weighted by Crippen LogP contribution is 2.27. The van der Waals surface area contributed by atoms with Crippen LogP contribution in [0.4, 0.5) is 11.4 Å². The van der Waals surface area contributed by atoms with Crippen LogP contribution in [0.15, 0.2) is 66.9 Å². The minimum atomic E-state index is -0.131. The number of ketones is 1. The minimum absolute atomic E-state index is 0.0202. The molecule has 8 nitrogen and oxygen atoms in total. The first kappa shape index (κ1) is 26.9. The van der Waals surface area contributed by atoms with E-state index < -0.39 is 0 Å². The lowest BCUT2D eigenvalue weighted by Gasteiger charge is -2.33. The molecule has 202 valence electrons. The molecule has 40 heavy (non-hydrogen) atoms. The lowest BCUT2D eigenvalue weighted by Crippen LogP contribution is -2.42. The van der Waals surface area contributed by atoms with E-state index in [9.17, 15) is 9.59 Å². The van der Waals surface area contributed by atoms with Gasteiger partial charge in [-0.15, -0.1) is 0 Å². The van der Waals surface area contributed by atoms with Crippen LogP contribution in [0.1, 0.15) is 58.5 Å². The van der Waals surface area contributed by atoms with E-state index in [1.807, 2.05) is 24.3 Å². The number of nitriles is 1. The third kappa shape index (κ3) is 6.47. The second-order valence-electron chi connectivity index (χ2n) is 10.4. The number of pyridine rings is 1. The summed E-state index contributed by atoms with van der Waals surface area (Å²) >= 11 is 0. The van der Waals surface area contributed by atoms with Crippen LogP contribution in [0.5, 0.6) is 5.75 Å². The molecule has 3 aromatic rings. The molecule has 2 saturated heterocycles. The van der Waals surface area contributed by atoms with Crippen molar-refractivity contribution in [3.8, 4) is 11.8 Å². The molecule has 0 N–H and O–H groups in total. The average Bonchev–Trinajstić information content (AvgIpc) is 3.02. The standard InChI is InChI=1S/C32H31N5O3/c1-34-26-5-9-28(10-6-26)40-29-14-18-37(19-15-29)32(39)30-11-4-25(22-35-30)31(38)20-23-12-16-36(17-13-23)27-7-2-24(21-33)3-8-27/h2-11,22-23,29H,12-20H2. The zero-order valence-corrected chi connectivity index (χ0v) is 22.3. The Kier molecular flexibility index (Phi) is 8.37. The number of rotatable bonds is 7. The Morgan fingerprint density at radius 2 is 1.65 bits per heavy atom. The van der Waals surface area contributed by atoms with Crippen molar-refractivity contribution in [2.75, 3.05) is 31.1 Å². The van der Waals surface area contributed by atoms with Crippen molar-refractivity contribution in [2.45, 2.75) is 38.2 Å². The first-order valence-corrected chi connectivity index (χ1v) is 13.7. The molecule has 0 bridgehead atoms. The fourth-order valence-corrected chi connectivity index (χ4v) is 5.34. The first-order chi connectivity index (χ1) is 19.5. The van der Waals surface area contributed by atoms with Crippen molar-refractivity contribution in [3.05, 3.63) is 95.1 Å². The molecule has 2 aromatic carbocycles. The predicted octanol–water partition coefficient (Wildman–Crippen LogP) is 5.68. The van der Waals surface area contributed by atoms with Gasteiger partial charge in [-0.1, -0.05) is 12.1 Å². The number of amides is 1. The van der Waals surface area contributed by atoms with Gasteiger partial charge in [0.05, 0.1) is 18.2 Å². The summed E-state index contributed by atoms with van der Waals surface area (Å²) in [5.74, 6) is 0.980. The molecule has 1 aromatic heterocycles. The summed E-state index contributed by atoms with van der Waals surface area (Å²) in [5.41, 5.74) is 3.23. The molecule has 0 unspecified atom stereocenters. The molecule has 2 aliphatic rings. The number of carbonyl (C=O) groups excluding carboxylic acids is 2. The molecule has 0 atom stereocenters. The van der Waals surface area contributed by atoms with Crippen LogP contribution in [0.25, 0.3) is 4.85 Å². The Hall–Kier alpha value is -4.69. The summed E-state index contributed by atoms with van der Waals surface area (Å²) in [7, 11) is 0. The van der Waals surface area contributed by atoms with E-state index in [-0.39, 0.29) is 17.8 Å². The fraction of sp³-hybridized carbons (Fsp3) is 0.344. The van der Waals surface area contributed by atoms with Crippen molar-refractivity contribution in [2.24, 2.45) is 5.92 Å². The van der Waals surface area contributed by atoms with Gasteiger partial charge in [0.25, 0.3) is 5.91 Å². The topological polar surface area (TPSA) is 90.9 Å². The third-order valence-corrected chi connectivity index (χ3v) is 7.75. The maximum absolute atomic E-state index is 13.0. The molecule has 0 aliphatic carbocycles. The quantitative estimate of drug-likeness (QED) is 0.287. The van der Waals surface area contributed by atoms with Gasteiger partial charge < -0.3 is 14.5 Å². The monoisotopic (exact) mass is 533 g/mol. The van der Waals surface area contributed by atoms with Gasteiger partial charge in [0.2, 0.25) is 0 Å². The second-order valence-corrected chi connectivity index (χ2v) is 10.4. The third-order valence-electron chi connectivity index (χ3n) is 7.75. The van der Waals surface area contributed by atoms with Gasteiger partial charge in [0, 0.05) is 62.9 Å². The zero-order chi connectivity index (χ0) is 27.9. The molecular weight excluding hydrogens is 502 g/mol. The van der Waals surface area contributed by atoms with Gasteiger partial charge >= 0.3 is 0 Å². The molecule has 2 fully saturated rings. The van der Waals surface area contributed by atoms with Crippen LogP contribution in [-0.2, 0) is 0 Å². The number of nitrogens with zero attached hydrogens (tertiary/aromatic N) is 5. The van der Waals surface area contributed by atoms with E-state index >= 15 is 0 Å². The van der Waals surface area contributed by atoms with Crippen molar-refractivity contribution in [1.29, 1.82) is 5.26 Å². The lowest BCUT2D eigenvalue weighted by atomic mass is 9.90. The Morgan fingerprint density at radius 3 is 2.25 bits per heavy atom. The molecule has 0 saturated carbocycles. The van der Waals surface area contributed by atoms with E-state index in [2.05, 4.69) is 20.8 Å². The molecule has 2 aliphatic heterocycles. The van der Waals surface area contributed by atoms with Crippen molar-refractivity contribution < 1.29 is 14.3 Å². The number of hydrogen-bond acceptors (Lipinski definition) is 6. The number of piperidine rings is 2. The van der Waals surface area contributed by atoms with Gasteiger partial charge in [0.1, 0.15) is 17.5 Å². The highest BCUT2D eigenvalue weighted by Gasteiger charge is 2.26. The first-order valence-electron chi connectivity index (χ1n) is 13.7. The fourth-order valence-electron chi connectivity index (χ4n) is 5.34. The maximum atomic E-state index is 13.0. The van der Waals surface area contributed by atoms with Crippen LogP contribution in [0.3, 0.4) is 0 Å². The van der Waals surface area contributed by atoms with Gasteiger partial charge in [-0.2, -0.15) is 5.26 Å². The van der Waals surface area contributed by atoms with Crippen molar-refractivity contribution >= 4 is 23.1 Å². The molecule has 0 radical (unpaired) electrons. The molecule has 1 amide bonds. The summed E-state index contributed by atoms with van der Waals surface area (Å²) in [4.78, 5) is 37.8. The van der Waals surface area contributed by atoms with Crippen LogP contribution >= 0.6 is 0 Å². The molecule has 5 rings (SSSR count). The normalized spacial score (nSPS) is 16.1. The van der Waals surface area contributed by atoms with Crippen LogP contribution in [-0.4, -0.2) is 53.9 Å². The highest BCUT2D eigenvalue weighted by molar-refractivity contribution is 5.97. The van der Waals surface area contributed by atoms with E-state index in [4.69, 9.17) is 16.6 Å². The van der Waals surface area contributed by atoms with E-state index in [0.717, 1.165) is 50.2 Å². The van der Waals surface area contributed by atoms with Crippen LogP contribution in [0.2, 0.25) is 0 Å². The van der Waals surface area contributed by atoms with E-state index in [1.54, 1.807) is 41.3 Å². The summed E-state index contributed by atoms with van der Waals surface area (Å²) in [6.07, 6.45) is 5.33. The van der Waals surface area contributed by atoms with Gasteiger partial charge in [-0.25, -0.2) is 4.85 Å². The Balaban J connectivity index is 1.07. The predicted molar refractivity (Wildman–Crippen MR) is 152 cm³/mol. The van der Waals surface area contributed by atoms with Gasteiger partial charge in [-0.3, -0.25) is 14.6 Å². The molecule has 0 spiro atoms. The number of anilines is 1. The number of hydrogen-bond donors (Lipinski definition) is 0. The smallest absolute Gasteiger partial charge is 0.272 e. The van der Waals surface area contributed by atoms with E-state index in [1.165, 1.54) is 6.20 Å². The number of aromatic nitrogens is 1. The maximum Gasteiger partial charge on any atom is 0.272 e. The SMILES string of the molecule is [C-]#[N+]c1ccc(OC2CCN(C(=O)c3ccc(C(=O)CC4CCN(c5ccc(C#N)cc5)CC4)cn3)CC2)cc1. The summed E-state index contributed by atoms with van der Waals surface area (Å²) < 4.78 is 6.02. The highest BCUT2D eigenvalue weighted by atomic mass is 16.5.